The van der Waals surface area contributed by atoms with Gasteiger partial charge in [-0.05, 0) is 12.1 Å². The number of ether oxygens (including phenoxy) is 1. The van der Waals surface area contributed by atoms with E-state index in [4.69, 9.17) is 4.74 Å². The number of aromatic nitrogens is 4. The first-order chi connectivity index (χ1) is 9.76. The summed E-state index contributed by atoms with van der Waals surface area (Å²) in [5.41, 5.74) is 0.746. The molecule has 102 valence electrons. The van der Waals surface area contributed by atoms with Gasteiger partial charge in [0.1, 0.15) is 30.5 Å². The highest BCUT2D eigenvalue weighted by molar-refractivity contribution is 7.22. The third-order valence-corrected chi connectivity index (χ3v) is 3.56. The van der Waals surface area contributed by atoms with E-state index in [1.54, 1.807) is 7.11 Å². The van der Waals surface area contributed by atoms with E-state index in [0.29, 0.717) is 10.9 Å². The number of anilines is 1. The number of rotatable bonds is 4. The van der Waals surface area contributed by atoms with Gasteiger partial charge in [-0.15, -0.1) is 0 Å². The number of hydrogen-bond acceptors (Lipinski definition) is 6. The lowest BCUT2D eigenvalue weighted by atomic mass is 10.3. The average Bonchev–Trinajstić information content (AvgIpc) is 3.06. The van der Waals surface area contributed by atoms with Crippen molar-refractivity contribution in [3.63, 3.8) is 0 Å². The van der Waals surface area contributed by atoms with E-state index in [2.05, 4.69) is 20.4 Å². The van der Waals surface area contributed by atoms with Gasteiger partial charge in [0.05, 0.1) is 11.8 Å². The van der Waals surface area contributed by atoms with E-state index >= 15 is 0 Å². The molecule has 0 unspecified atom stereocenters. The lowest BCUT2D eigenvalue weighted by Crippen LogP contribution is -2.18. The van der Waals surface area contributed by atoms with Gasteiger partial charge in [-0.25, -0.2) is 14.6 Å². The average molecular weight is 289 g/mol. The predicted molar refractivity (Wildman–Crippen MR) is 74.8 cm³/mol. The highest BCUT2D eigenvalue weighted by atomic mass is 32.1. The van der Waals surface area contributed by atoms with Crippen LogP contribution >= 0.6 is 11.3 Å². The smallest absolute Gasteiger partial charge is 0.247 e. The number of fused-ring (bicyclic) bond motifs is 1. The van der Waals surface area contributed by atoms with Crippen molar-refractivity contribution in [3.8, 4) is 5.75 Å². The Morgan fingerprint density at radius 1 is 1.50 bits per heavy atom. The zero-order chi connectivity index (χ0) is 13.9. The zero-order valence-corrected chi connectivity index (χ0v) is 11.4. The van der Waals surface area contributed by atoms with E-state index in [-0.39, 0.29) is 12.5 Å². The molecule has 20 heavy (non-hydrogen) atoms. The van der Waals surface area contributed by atoms with Crippen LogP contribution in [-0.2, 0) is 11.3 Å². The summed E-state index contributed by atoms with van der Waals surface area (Å²) in [5, 5.41) is 7.16. The maximum atomic E-state index is 11.8. The van der Waals surface area contributed by atoms with Gasteiger partial charge in [0.15, 0.2) is 5.13 Å². The third-order valence-electron chi connectivity index (χ3n) is 2.62. The first kappa shape index (κ1) is 12.5. The van der Waals surface area contributed by atoms with Gasteiger partial charge >= 0.3 is 0 Å². The Labute approximate surface area is 118 Å². The molecule has 0 aliphatic heterocycles. The van der Waals surface area contributed by atoms with Crippen molar-refractivity contribution in [3.05, 3.63) is 30.9 Å². The summed E-state index contributed by atoms with van der Waals surface area (Å²) in [6.45, 7) is 0.104. The molecule has 0 saturated carbocycles. The molecule has 0 radical (unpaired) electrons. The summed E-state index contributed by atoms with van der Waals surface area (Å²) in [6, 6.07) is 5.66. The van der Waals surface area contributed by atoms with Gasteiger partial charge in [0, 0.05) is 0 Å². The Kier molecular flexibility index (Phi) is 3.30. The summed E-state index contributed by atoms with van der Waals surface area (Å²) in [5.74, 6) is 0.490. The summed E-state index contributed by atoms with van der Waals surface area (Å²) < 4.78 is 7.65. The maximum Gasteiger partial charge on any atom is 0.247 e. The second-order valence-electron chi connectivity index (χ2n) is 3.97. The molecule has 0 aliphatic carbocycles. The number of hydrogen-bond donors (Lipinski definition) is 1. The van der Waals surface area contributed by atoms with Crippen molar-refractivity contribution >= 4 is 32.6 Å². The fourth-order valence-corrected chi connectivity index (χ4v) is 2.66. The topological polar surface area (TPSA) is 81.9 Å². The standard InChI is InChI=1S/C12H11N5O2S/c1-19-8-3-2-4-9-11(8)16-12(20-9)15-10(18)5-17-7-13-6-14-17/h2-4,6-7H,5H2,1H3,(H,15,16,18). The molecule has 0 bridgehead atoms. The predicted octanol–water partition coefficient (Wildman–Crippen LogP) is 1.54. The van der Waals surface area contributed by atoms with E-state index in [0.717, 1.165) is 10.2 Å². The van der Waals surface area contributed by atoms with Crippen LogP contribution in [0, 0.1) is 0 Å². The molecule has 0 atom stereocenters. The molecule has 1 N–H and O–H groups in total. The molecule has 3 rings (SSSR count). The molecular formula is C12H11N5O2S. The fraction of sp³-hybridized carbons (Fsp3) is 0.167. The maximum absolute atomic E-state index is 11.8. The van der Waals surface area contributed by atoms with Gasteiger partial charge in [-0.2, -0.15) is 5.10 Å². The van der Waals surface area contributed by atoms with Crippen LogP contribution in [0.4, 0.5) is 5.13 Å². The van der Waals surface area contributed by atoms with Crippen LogP contribution in [0.1, 0.15) is 0 Å². The minimum atomic E-state index is -0.200. The van der Waals surface area contributed by atoms with E-state index in [1.165, 1.54) is 28.7 Å². The molecule has 7 nitrogen and oxygen atoms in total. The molecule has 8 heteroatoms. The second kappa shape index (κ2) is 5.25. The number of carbonyl (C=O) groups excluding carboxylic acids is 1. The minimum absolute atomic E-state index is 0.104. The highest BCUT2D eigenvalue weighted by Crippen LogP contribution is 2.31. The number of thiazole rings is 1. The van der Waals surface area contributed by atoms with Crippen molar-refractivity contribution in [1.82, 2.24) is 19.7 Å². The Balaban J connectivity index is 1.79. The summed E-state index contributed by atoms with van der Waals surface area (Å²) in [6.07, 6.45) is 2.87. The van der Waals surface area contributed by atoms with Crippen molar-refractivity contribution in [2.24, 2.45) is 0 Å². The molecule has 1 aromatic carbocycles. The summed E-state index contributed by atoms with van der Waals surface area (Å²) >= 11 is 1.40. The Morgan fingerprint density at radius 3 is 3.15 bits per heavy atom. The number of amides is 1. The van der Waals surface area contributed by atoms with Crippen LogP contribution in [0.25, 0.3) is 10.2 Å². The fourth-order valence-electron chi connectivity index (χ4n) is 1.76. The lowest BCUT2D eigenvalue weighted by molar-refractivity contribution is -0.116. The molecule has 0 fully saturated rings. The van der Waals surface area contributed by atoms with Gasteiger partial charge in [-0.1, -0.05) is 17.4 Å². The normalized spacial score (nSPS) is 10.7. The molecular weight excluding hydrogens is 278 g/mol. The Hall–Kier alpha value is -2.48. The van der Waals surface area contributed by atoms with Crippen molar-refractivity contribution in [2.75, 3.05) is 12.4 Å². The molecule has 1 amide bonds. The minimum Gasteiger partial charge on any atom is -0.494 e. The zero-order valence-electron chi connectivity index (χ0n) is 10.6. The van der Waals surface area contributed by atoms with Gasteiger partial charge < -0.3 is 10.1 Å². The second-order valence-corrected chi connectivity index (χ2v) is 5.00. The van der Waals surface area contributed by atoms with E-state index in [1.807, 2.05) is 18.2 Å². The number of nitrogens with one attached hydrogen (secondary N) is 1. The molecule has 3 aromatic rings. The van der Waals surface area contributed by atoms with Crippen LogP contribution in [0.2, 0.25) is 0 Å². The van der Waals surface area contributed by atoms with Crippen molar-refractivity contribution < 1.29 is 9.53 Å². The lowest BCUT2D eigenvalue weighted by Gasteiger charge is -2.00. The first-order valence-electron chi connectivity index (χ1n) is 5.82. The number of carbonyl (C=O) groups is 1. The Morgan fingerprint density at radius 2 is 2.40 bits per heavy atom. The van der Waals surface area contributed by atoms with Crippen LogP contribution in [0.3, 0.4) is 0 Å². The number of nitrogens with zero attached hydrogens (tertiary/aromatic N) is 4. The number of para-hydroxylation sites is 1. The molecule has 2 aromatic heterocycles. The van der Waals surface area contributed by atoms with Gasteiger partial charge in [-0.3, -0.25) is 4.79 Å². The monoisotopic (exact) mass is 289 g/mol. The van der Waals surface area contributed by atoms with Crippen LogP contribution in [0.15, 0.2) is 30.9 Å². The van der Waals surface area contributed by atoms with Crippen LogP contribution < -0.4 is 10.1 Å². The molecule has 0 spiro atoms. The highest BCUT2D eigenvalue weighted by Gasteiger charge is 2.11. The largest absolute Gasteiger partial charge is 0.494 e. The SMILES string of the molecule is COc1cccc2sc(NC(=O)Cn3cncn3)nc12. The number of methoxy groups -OCH3 is 1. The van der Waals surface area contributed by atoms with Gasteiger partial charge in [0.2, 0.25) is 5.91 Å². The molecule has 0 aliphatic rings. The van der Waals surface area contributed by atoms with Gasteiger partial charge in [0.25, 0.3) is 0 Å². The molecule has 0 saturated heterocycles. The molecule has 2 heterocycles. The van der Waals surface area contributed by atoms with Crippen molar-refractivity contribution in [1.29, 1.82) is 0 Å². The third kappa shape index (κ3) is 2.45. The Bertz CT molecular complexity index is 737. The number of benzene rings is 1. The van der Waals surface area contributed by atoms with Crippen LogP contribution in [-0.4, -0.2) is 32.8 Å². The quantitative estimate of drug-likeness (QED) is 0.787. The van der Waals surface area contributed by atoms with E-state index < -0.39 is 0 Å². The van der Waals surface area contributed by atoms with Crippen LogP contribution in [0.5, 0.6) is 5.75 Å². The summed E-state index contributed by atoms with van der Waals surface area (Å²) in [7, 11) is 1.59. The first-order valence-corrected chi connectivity index (χ1v) is 6.64. The summed E-state index contributed by atoms with van der Waals surface area (Å²) in [4.78, 5) is 20.0. The van der Waals surface area contributed by atoms with E-state index in [9.17, 15) is 4.79 Å². The van der Waals surface area contributed by atoms with Crippen molar-refractivity contribution in [2.45, 2.75) is 6.54 Å².